The van der Waals surface area contributed by atoms with Gasteiger partial charge in [0.15, 0.2) is 17.1 Å². The van der Waals surface area contributed by atoms with Crippen molar-refractivity contribution in [1.82, 2.24) is 9.80 Å². The molecule has 0 spiro atoms. The van der Waals surface area contributed by atoms with Gasteiger partial charge in [-0.2, -0.15) is 0 Å². The summed E-state index contributed by atoms with van der Waals surface area (Å²) in [6, 6.07) is 21.9. The van der Waals surface area contributed by atoms with E-state index in [0.29, 0.717) is 24.2 Å². The smallest absolute Gasteiger partial charge is 0.196 e. The van der Waals surface area contributed by atoms with Crippen LogP contribution in [0.25, 0.3) is 0 Å². The molecule has 0 unspecified atom stereocenters. The van der Waals surface area contributed by atoms with Crippen LogP contribution in [0.1, 0.15) is 48.5 Å². The zero-order chi connectivity index (χ0) is 23.2. The van der Waals surface area contributed by atoms with Crippen molar-refractivity contribution in [3.63, 3.8) is 0 Å². The summed E-state index contributed by atoms with van der Waals surface area (Å²) in [5.41, 5.74) is 5.39. The van der Waals surface area contributed by atoms with Crippen LogP contribution in [-0.2, 0) is 12.1 Å². The van der Waals surface area contributed by atoms with Crippen LogP contribution in [0.2, 0.25) is 0 Å². The topological polar surface area (TPSA) is 40.6 Å². The summed E-state index contributed by atoms with van der Waals surface area (Å²) in [5, 5.41) is 0. The average molecular weight is 439 g/mol. The molecule has 1 saturated heterocycles. The Morgan fingerprint density at radius 3 is 1.85 bits per heavy atom. The number of nitrogens with zero attached hydrogens (tertiary/aromatic N) is 2. The summed E-state index contributed by atoms with van der Waals surface area (Å²) in [6.45, 7) is 10.1. The standard InChI is InChI=1S/C29H30N2O2/c1-20-16-21(2)18-24(17-20)29(27(32)25-10-6-7-11-26(25)28(29)33)31-14-12-30(13-15-31)19-23-9-5-4-8-22(23)3/h4-11,16-18H,12-15,19H2,1-3H3. The molecule has 0 bridgehead atoms. The molecule has 1 aliphatic heterocycles. The second kappa shape index (κ2) is 8.36. The zero-order valence-electron chi connectivity index (χ0n) is 19.6. The van der Waals surface area contributed by atoms with E-state index in [2.05, 4.69) is 47.1 Å². The molecule has 5 rings (SSSR count). The Kier molecular flexibility index (Phi) is 5.51. The molecule has 0 saturated carbocycles. The molecule has 1 fully saturated rings. The maximum absolute atomic E-state index is 14.0. The highest BCUT2D eigenvalue weighted by molar-refractivity contribution is 6.32. The first-order valence-corrected chi connectivity index (χ1v) is 11.7. The van der Waals surface area contributed by atoms with Crippen LogP contribution in [0, 0.1) is 20.8 Å². The summed E-state index contributed by atoms with van der Waals surface area (Å²) in [7, 11) is 0. The van der Waals surface area contributed by atoms with Crippen molar-refractivity contribution >= 4 is 11.6 Å². The third-order valence-electron chi connectivity index (χ3n) is 7.21. The van der Waals surface area contributed by atoms with Gasteiger partial charge in [-0.05, 0) is 37.5 Å². The molecule has 168 valence electrons. The molecule has 2 aliphatic rings. The van der Waals surface area contributed by atoms with Crippen molar-refractivity contribution in [3.05, 3.63) is 106 Å². The molecular formula is C29H30N2O2. The predicted molar refractivity (Wildman–Crippen MR) is 131 cm³/mol. The van der Waals surface area contributed by atoms with Crippen LogP contribution in [0.5, 0.6) is 0 Å². The van der Waals surface area contributed by atoms with Crippen LogP contribution in [0.15, 0.2) is 66.7 Å². The Balaban J connectivity index is 1.50. The van der Waals surface area contributed by atoms with Crippen LogP contribution < -0.4 is 0 Å². The normalized spacial score (nSPS) is 18.5. The van der Waals surface area contributed by atoms with E-state index in [4.69, 9.17) is 0 Å². The molecule has 33 heavy (non-hydrogen) atoms. The van der Waals surface area contributed by atoms with Crippen molar-refractivity contribution in [2.24, 2.45) is 0 Å². The Morgan fingerprint density at radius 1 is 0.727 bits per heavy atom. The SMILES string of the molecule is Cc1cc(C)cc(C2(N3CCN(Cc4ccccc4C)CC3)C(=O)c3ccccc3C2=O)c1. The van der Waals surface area contributed by atoms with Crippen molar-refractivity contribution in [2.75, 3.05) is 26.2 Å². The lowest BCUT2D eigenvalue weighted by Crippen LogP contribution is -2.60. The lowest BCUT2D eigenvalue weighted by Gasteiger charge is -2.44. The molecule has 0 N–H and O–H groups in total. The molecule has 0 atom stereocenters. The molecule has 4 nitrogen and oxygen atoms in total. The fraction of sp³-hybridized carbons (Fsp3) is 0.310. The number of hydrogen-bond acceptors (Lipinski definition) is 4. The summed E-state index contributed by atoms with van der Waals surface area (Å²) < 4.78 is 0. The molecule has 1 aliphatic carbocycles. The van der Waals surface area contributed by atoms with E-state index < -0.39 is 5.54 Å². The van der Waals surface area contributed by atoms with Gasteiger partial charge in [-0.1, -0.05) is 77.9 Å². The van der Waals surface area contributed by atoms with Crippen molar-refractivity contribution in [1.29, 1.82) is 0 Å². The number of piperazine rings is 1. The van der Waals surface area contributed by atoms with Gasteiger partial charge < -0.3 is 0 Å². The quantitative estimate of drug-likeness (QED) is 0.554. The van der Waals surface area contributed by atoms with Gasteiger partial charge in [-0.15, -0.1) is 0 Å². The number of ketones is 2. The van der Waals surface area contributed by atoms with Gasteiger partial charge in [0, 0.05) is 43.9 Å². The van der Waals surface area contributed by atoms with Crippen LogP contribution in [0.3, 0.4) is 0 Å². The van der Waals surface area contributed by atoms with Crippen molar-refractivity contribution in [2.45, 2.75) is 32.9 Å². The summed E-state index contributed by atoms with van der Waals surface area (Å²) >= 11 is 0. The Labute approximate surface area is 195 Å². The van der Waals surface area contributed by atoms with Crippen LogP contribution >= 0.6 is 0 Å². The molecule has 1 heterocycles. The summed E-state index contributed by atoms with van der Waals surface area (Å²) in [6.07, 6.45) is 0. The minimum Gasteiger partial charge on any atom is -0.297 e. The maximum Gasteiger partial charge on any atom is 0.196 e. The van der Waals surface area contributed by atoms with Gasteiger partial charge in [-0.25, -0.2) is 0 Å². The third-order valence-corrected chi connectivity index (χ3v) is 7.21. The number of aryl methyl sites for hydroxylation is 3. The maximum atomic E-state index is 14.0. The van der Waals surface area contributed by atoms with E-state index in [1.54, 1.807) is 12.1 Å². The van der Waals surface area contributed by atoms with Crippen molar-refractivity contribution in [3.8, 4) is 0 Å². The van der Waals surface area contributed by atoms with Crippen molar-refractivity contribution < 1.29 is 9.59 Å². The number of rotatable bonds is 4. The number of Topliss-reactive ketones (excluding diaryl/α,β-unsaturated/α-hetero) is 2. The highest BCUT2D eigenvalue weighted by atomic mass is 16.2. The minimum absolute atomic E-state index is 0.0829. The molecule has 3 aromatic carbocycles. The van der Waals surface area contributed by atoms with E-state index in [-0.39, 0.29) is 11.6 Å². The first kappa shape index (κ1) is 21.7. The minimum atomic E-state index is -1.27. The highest BCUT2D eigenvalue weighted by Gasteiger charge is 2.58. The Bertz CT molecular complexity index is 1180. The molecule has 0 radical (unpaired) electrons. The number of benzene rings is 3. The molecular weight excluding hydrogens is 408 g/mol. The second-order valence-electron chi connectivity index (χ2n) is 9.48. The van der Waals surface area contributed by atoms with Gasteiger partial charge in [0.2, 0.25) is 0 Å². The Morgan fingerprint density at radius 2 is 1.27 bits per heavy atom. The summed E-state index contributed by atoms with van der Waals surface area (Å²) in [5.74, 6) is -0.166. The zero-order valence-corrected chi connectivity index (χ0v) is 19.6. The van der Waals surface area contributed by atoms with Gasteiger partial charge in [0.25, 0.3) is 0 Å². The number of hydrogen-bond donors (Lipinski definition) is 0. The number of fused-ring (bicyclic) bond motifs is 1. The highest BCUT2D eigenvalue weighted by Crippen LogP contribution is 2.43. The van der Waals surface area contributed by atoms with Gasteiger partial charge in [0.1, 0.15) is 0 Å². The van der Waals surface area contributed by atoms with Gasteiger partial charge in [0.05, 0.1) is 0 Å². The third kappa shape index (κ3) is 3.54. The van der Waals surface area contributed by atoms with Crippen LogP contribution in [0.4, 0.5) is 0 Å². The van der Waals surface area contributed by atoms with Crippen LogP contribution in [-0.4, -0.2) is 47.5 Å². The van der Waals surface area contributed by atoms with E-state index in [1.807, 2.05) is 38.1 Å². The fourth-order valence-electron chi connectivity index (χ4n) is 5.56. The van der Waals surface area contributed by atoms with E-state index in [0.717, 1.165) is 36.3 Å². The number of carbonyl (C=O) groups is 2. The first-order valence-electron chi connectivity index (χ1n) is 11.7. The Hall–Kier alpha value is -3.08. The summed E-state index contributed by atoms with van der Waals surface area (Å²) in [4.78, 5) is 32.5. The average Bonchev–Trinajstić information content (AvgIpc) is 3.03. The molecule has 0 aromatic heterocycles. The largest absolute Gasteiger partial charge is 0.297 e. The van der Waals surface area contributed by atoms with Gasteiger partial charge >= 0.3 is 0 Å². The predicted octanol–water partition coefficient (Wildman–Crippen LogP) is 4.70. The molecule has 3 aromatic rings. The second-order valence-corrected chi connectivity index (χ2v) is 9.48. The lowest BCUT2D eigenvalue weighted by molar-refractivity contribution is 0.0279. The monoisotopic (exact) mass is 438 g/mol. The van der Waals surface area contributed by atoms with E-state index >= 15 is 0 Å². The molecule has 4 heteroatoms. The molecule has 0 amide bonds. The lowest BCUT2D eigenvalue weighted by atomic mass is 9.81. The fourth-order valence-corrected chi connectivity index (χ4v) is 5.56. The van der Waals surface area contributed by atoms with E-state index in [1.165, 1.54) is 11.1 Å². The number of carbonyl (C=O) groups excluding carboxylic acids is 2. The van der Waals surface area contributed by atoms with Gasteiger partial charge in [-0.3, -0.25) is 19.4 Å². The van der Waals surface area contributed by atoms with E-state index in [9.17, 15) is 9.59 Å². The first-order chi connectivity index (χ1) is 15.9.